The Bertz CT molecular complexity index is 1710. The summed E-state index contributed by atoms with van der Waals surface area (Å²) in [6.07, 6.45) is 0.798. The van der Waals surface area contributed by atoms with E-state index in [1.54, 1.807) is 4.90 Å². The van der Waals surface area contributed by atoms with Gasteiger partial charge in [0.15, 0.2) is 0 Å². The minimum Gasteiger partial charge on any atom is -0.384 e. The Balaban J connectivity index is 1.43. The van der Waals surface area contributed by atoms with Crippen molar-refractivity contribution in [3.8, 4) is 0 Å². The highest BCUT2D eigenvalue weighted by molar-refractivity contribution is 6.07. The molecule has 208 valence electrons. The van der Waals surface area contributed by atoms with Crippen LogP contribution in [0.15, 0.2) is 127 Å². The predicted molar refractivity (Wildman–Crippen MR) is 166 cm³/mol. The fourth-order valence-electron chi connectivity index (χ4n) is 5.92. The Morgan fingerprint density at radius 2 is 1.17 bits per heavy atom. The zero-order valence-electron chi connectivity index (χ0n) is 23.2. The lowest BCUT2D eigenvalue weighted by Crippen LogP contribution is -2.53. The van der Waals surface area contributed by atoms with Crippen LogP contribution >= 0.6 is 0 Å². The quantitative estimate of drug-likeness (QED) is 0.128. The Labute approximate surface area is 245 Å². The van der Waals surface area contributed by atoms with Gasteiger partial charge < -0.3 is 10.6 Å². The largest absolute Gasteiger partial charge is 0.384 e. The number of nitrogens with one attached hydrogen (secondary N) is 1. The number of imide groups is 1. The maximum atomic E-state index is 14.7. The molecule has 0 bridgehead atoms. The molecule has 6 nitrogen and oxygen atoms in total. The summed E-state index contributed by atoms with van der Waals surface area (Å²) < 4.78 is 0. The summed E-state index contributed by atoms with van der Waals surface area (Å²) in [5, 5.41) is 9.71. The number of amides is 3. The van der Waals surface area contributed by atoms with Crippen molar-refractivity contribution in [2.75, 3.05) is 0 Å². The molecule has 0 saturated carbocycles. The van der Waals surface area contributed by atoms with Gasteiger partial charge in [0.1, 0.15) is 11.4 Å². The van der Waals surface area contributed by atoms with E-state index in [4.69, 9.17) is 11.1 Å². The maximum Gasteiger partial charge on any atom is 0.328 e. The van der Waals surface area contributed by atoms with Gasteiger partial charge in [0.05, 0.1) is 6.54 Å². The summed E-state index contributed by atoms with van der Waals surface area (Å²) in [6, 6.07) is 40.9. The van der Waals surface area contributed by atoms with Crippen LogP contribution in [-0.4, -0.2) is 33.1 Å². The van der Waals surface area contributed by atoms with Crippen molar-refractivity contribution < 1.29 is 9.59 Å². The van der Waals surface area contributed by atoms with Gasteiger partial charge in [-0.05, 0) is 45.2 Å². The van der Waals surface area contributed by atoms with Crippen molar-refractivity contribution in [1.29, 1.82) is 5.41 Å². The molecular formula is C36H32N4O2. The summed E-state index contributed by atoms with van der Waals surface area (Å²) >= 11 is 0. The van der Waals surface area contributed by atoms with Gasteiger partial charge in [-0.25, -0.2) is 4.79 Å². The molecule has 0 unspecified atom stereocenters. The average Bonchev–Trinajstić information content (AvgIpc) is 3.19. The lowest BCUT2D eigenvalue weighted by Gasteiger charge is -2.36. The van der Waals surface area contributed by atoms with E-state index in [2.05, 4.69) is 0 Å². The molecule has 5 aromatic carbocycles. The number of fused-ring (bicyclic) bond motifs is 1. The average molecular weight is 553 g/mol. The van der Waals surface area contributed by atoms with Gasteiger partial charge in [-0.2, -0.15) is 0 Å². The molecule has 42 heavy (non-hydrogen) atoms. The molecule has 0 spiro atoms. The molecule has 5 aromatic rings. The minimum absolute atomic E-state index is 0.00429. The summed E-state index contributed by atoms with van der Waals surface area (Å²) in [5.41, 5.74) is 9.05. The summed E-state index contributed by atoms with van der Waals surface area (Å²) in [7, 11) is 0. The standard InChI is InChI=1S/C36H32N4O2/c37-33(38)31-19-18-30-17-16-29(20-32(30)21-31)24-39-34(41)36(22-26-10-4-1-5-11-26,23-27-12-6-2-7-13-27)40(35(39)42)25-28-14-8-3-9-15-28/h1-21H,22-25H2,(H3,37,38). The van der Waals surface area contributed by atoms with Crippen LogP contribution in [0.3, 0.4) is 0 Å². The number of carbonyl (C=O) groups is 2. The van der Waals surface area contributed by atoms with Gasteiger partial charge in [0.2, 0.25) is 0 Å². The highest BCUT2D eigenvalue weighted by Crippen LogP contribution is 2.37. The third-order valence-corrected chi connectivity index (χ3v) is 8.04. The van der Waals surface area contributed by atoms with E-state index < -0.39 is 5.54 Å². The number of nitrogens with two attached hydrogens (primary N) is 1. The van der Waals surface area contributed by atoms with Crippen LogP contribution in [0.4, 0.5) is 4.79 Å². The van der Waals surface area contributed by atoms with E-state index >= 15 is 0 Å². The highest BCUT2D eigenvalue weighted by Gasteiger charge is 2.56. The van der Waals surface area contributed by atoms with Crippen LogP contribution in [0.25, 0.3) is 10.8 Å². The second-order valence-electron chi connectivity index (χ2n) is 10.9. The van der Waals surface area contributed by atoms with E-state index in [1.807, 2.05) is 127 Å². The molecule has 6 rings (SSSR count). The number of carbonyl (C=O) groups excluding carboxylic acids is 2. The third-order valence-electron chi connectivity index (χ3n) is 8.04. The monoisotopic (exact) mass is 552 g/mol. The number of hydrogen-bond acceptors (Lipinski definition) is 3. The predicted octanol–water partition coefficient (Wildman–Crippen LogP) is 6.31. The number of benzene rings is 5. The molecule has 3 amide bonds. The first-order valence-corrected chi connectivity index (χ1v) is 14.1. The second kappa shape index (κ2) is 11.3. The molecule has 3 N–H and O–H groups in total. The first kappa shape index (κ1) is 27.0. The molecule has 1 heterocycles. The van der Waals surface area contributed by atoms with Gasteiger partial charge in [-0.15, -0.1) is 0 Å². The molecule has 0 radical (unpaired) electrons. The van der Waals surface area contributed by atoms with Crippen LogP contribution in [-0.2, 0) is 30.7 Å². The second-order valence-corrected chi connectivity index (χ2v) is 10.9. The van der Waals surface area contributed by atoms with Gasteiger partial charge in [0, 0.05) is 24.9 Å². The van der Waals surface area contributed by atoms with Gasteiger partial charge >= 0.3 is 6.03 Å². The lowest BCUT2D eigenvalue weighted by molar-refractivity contribution is -0.133. The molecule has 0 aromatic heterocycles. The van der Waals surface area contributed by atoms with Crippen LogP contribution < -0.4 is 5.73 Å². The highest BCUT2D eigenvalue weighted by atomic mass is 16.2. The molecule has 0 aliphatic carbocycles. The number of rotatable bonds is 9. The van der Waals surface area contributed by atoms with E-state index in [0.29, 0.717) is 24.9 Å². The summed E-state index contributed by atoms with van der Waals surface area (Å²) in [5.74, 6) is -0.205. The normalized spacial score (nSPS) is 14.5. The van der Waals surface area contributed by atoms with Crippen LogP contribution in [0, 0.1) is 5.41 Å². The molecule has 1 fully saturated rings. The molecule has 1 aliphatic heterocycles. The van der Waals surface area contributed by atoms with Crippen molar-refractivity contribution in [2.45, 2.75) is 31.5 Å². The number of nitrogens with zero attached hydrogens (tertiary/aromatic N) is 2. The SMILES string of the molecule is N=C(N)c1ccc2ccc(CN3C(=O)N(Cc4ccccc4)C(Cc4ccccc4)(Cc4ccccc4)C3=O)cc2c1. The molecule has 1 saturated heterocycles. The van der Waals surface area contributed by atoms with Crippen molar-refractivity contribution in [3.63, 3.8) is 0 Å². The molecule has 6 heteroatoms. The number of urea groups is 1. The number of amidine groups is 1. The Hall–Kier alpha value is -5.23. The first-order chi connectivity index (χ1) is 20.4. The van der Waals surface area contributed by atoms with Crippen LogP contribution in [0.2, 0.25) is 0 Å². The molecular weight excluding hydrogens is 520 g/mol. The Morgan fingerprint density at radius 3 is 1.74 bits per heavy atom. The maximum absolute atomic E-state index is 14.7. The lowest BCUT2D eigenvalue weighted by atomic mass is 9.82. The Kier molecular flexibility index (Phi) is 7.28. The van der Waals surface area contributed by atoms with E-state index in [0.717, 1.165) is 33.0 Å². The fourth-order valence-corrected chi connectivity index (χ4v) is 5.92. The van der Waals surface area contributed by atoms with E-state index in [-0.39, 0.29) is 24.3 Å². The zero-order valence-corrected chi connectivity index (χ0v) is 23.2. The topological polar surface area (TPSA) is 90.5 Å². The van der Waals surface area contributed by atoms with Gasteiger partial charge in [-0.1, -0.05) is 115 Å². The zero-order chi connectivity index (χ0) is 29.1. The number of nitrogen functional groups attached to an aromatic ring is 1. The summed E-state index contributed by atoms with van der Waals surface area (Å²) in [4.78, 5) is 32.2. The smallest absolute Gasteiger partial charge is 0.328 e. The summed E-state index contributed by atoms with van der Waals surface area (Å²) in [6.45, 7) is 0.468. The van der Waals surface area contributed by atoms with Gasteiger partial charge in [0.25, 0.3) is 5.91 Å². The van der Waals surface area contributed by atoms with Crippen molar-refractivity contribution in [3.05, 3.63) is 155 Å². The van der Waals surface area contributed by atoms with Crippen molar-refractivity contribution in [1.82, 2.24) is 9.80 Å². The first-order valence-electron chi connectivity index (χ1n) is 14.1. The van der Waals surface area contributed by atoms with Gasteiger partial charge in [-0.3, -0.25) is 15.1 Å². The molecule has 1 aliphatic rings. The third kappa shape index (κ3) is 5.27. The van der Waals surface area contributed by atoms with Crippen LogP contribution in [0.5, 0.6) is 0 Å². The minimum atomic E-state index is -1.10. The van der Waals surface area contributed by atoms with Crippen LogP contribution in [0.1, 0.15) is 27.8 Å². The van der Waals surface area contributed by atoms with Crippen molar-refractivity contribution >= 4 is 28.5 Å². The molecule has 0 atom stereocenters. The van der Waals surface area contributed by atoms with E-state index in [1.165, 1.54) is 4.90 Å². The van der Waals surface area contributed by atoms with Crippen molar-refractivity contribution in [2.24, 2.45) is 5.73 Å². The fraction of sp³-hybridized carbons (Fsp3) is 0.139. The Morgan fingerprint density at radius 1 is 0.619 bits per heavy atom. The van der Waals surface area contributed by atoms with E-state index in [9.17, 15) is 9.59 Å². The number of hydrogen-bond donors (Lipinski definition) is 2.